The first-order valence-electron chi connectivity index (χ1n) is 7.28. The molecule has 1 aliphatic rings. The van der Waals surface area contributed by atoms with Crippen molar-refractivity contribution in [2.24, 2.45) is 5.92 Å². The number of likely N-dealkylation sites (N-methyl/N-ethyl adjacent to an activating group) is 1. The Bertz CT molecular complexity index is 497. The molecule has 2 unspecified atom stereocenters. The van der Waals surface area contributed by atoms with Crippen LogP contribution in [0.5, 0.6) is 0 Å². The molecule has 1 saturated carbocycles. The van der Waals surface area contributed by atoms with Gasteiger partial charge < -0.3 is 10.1 Å². The zero-order valence-corrected chi connectivity index (χ0v) is 14.1. The highest BCUT2D eigenvalue weighted by molar-refractivity contribution is 7.99. The summed E-state index contributed by atoms with van der Waals surface area (Å²) in [5, 5.41) is 4.02. The predicted octanol–water partition coefficient (Wildman–Crippen LogP) is 3.75. The summed E-state index contributed by atoms with van der Waals surface area (Å²) in [6, 6.07) is 7.88. The Morgan fingerprint density at radius 2 is 2.29 bits per heavy atom. The molecule has 2 atom stereocenters. The van der Waals surface area contributed by atoms with Crippen LogP contribution in [0, 0.1) is 5.92 Å². The van der Waals surface area contributed by atoms with Gasteiger partial charge in [-0.25, -0.2) is 0 Å². The Hall–Kier alpha value is -0.710. The van der Waals surface area contributed by atoms with Gasteiger partial charge in [0, 0.05) is 4.90 Å². The van der Waals surface area contributed by atoms with E-state index in [2.05, 4.69) is 5.32 Å². The maximum Gasteiger partial charge on any atom is 0.326 e. The zero-order valence-electron chi connectivity index (χ0n) is 12.5. The third kappa shape index (κ3) is 3.55. The van der Waals surface area contributed by atoms with Gasteiger partial charge in [0.1, 0.15) is 5.54 Å². The number of thioether (sulfide) groups is 1. The third-order valence-electron chi connectivity index (χ3n) is 4.38. The summed E-state index contributed by atoms with van der Waals surface area (Å²) in [6.07, 6.45) is 3.97. The number of methoxy groups -OCH3 is 1. The molecule has 5 heteroatoms. The normalized spacial score (nSPS) is 25.0. The Balaban J connectivity index is 1.96. The summed E-state index contributed by atoms with van der Waals surface area (Å²) >= 11 is 7.92. The number of hydrogen-bond acceptors (Lipinski definition) is 4. The van der Waals surface area contributed by atoms with Gasteiger partial charge >= 0.3 is 5.97 Å². The first-order chi connectivity index (χ1) is 10.1. The van der Waals surface area contributed by atoms with Crippen molar-refractivity contribution >= 4 is 29.3 Å². The van der Waals surface area contributed by atoms with Crippen LogP contribution >= 0.6 is 23.4 Å². The summed E-state index contributed by atoms with van der Waals surface area (Å²) in [5.74, 6) is 1.15. The van der Waals surface area contributed by atoms with E-state index in [0.29, 0.717) is 5.92 Å². The summed E-state index contributed by atoms with van der Waals surface area (Å²) in [7, 11) is 3.33. The van der Waals surface area contributed by atoms with E-state index in [1.54, 1.807) is 11.8 Å². The lowest BCUT2D eigenvalue weighted by Gasteiger charge is -2.32. The van der Waals surface area contributed by atoms with Crippen molar-refractivity contribution in [3.8, 4) is 0 Å². The highest BCUT2D eigenvalue weighted by atomic mass is 35.5. The van der Waals surface area contributed by atoms with Gasteiger partial charge in [0.15, 0.2) is 0 Å². The van der Waals surface area contributed by atoms with Crippen molar-refractivity contribution in [2.75, 3.05) is 19.9 Å². The quantitative estimate of drug-likeness (QED) is 0.638. The van der Waals surface area contributed by atoms with Crippen molar-refractivity contribution < 1.29 is 9.53 Å². The molecule has 3 nitrogen and oxygen atoms in total. The molecule has 1 fully saturated rings. The summed E-state index contributed by atoms with van der Waals surface area (Å²) in [6.45, 7) is 0. The van der Waals surface area contributed by atoms with Gasteiger partial charge in [-0.1, -0.05) is 30.2 Å². The van der Waals surface area contributed by atoms with E-state index >= 15 is 0 Å². The number of carbonyl (C=O) groups excluding carboxylic acids is 1. The molecule has 0 amide bonds. The molecular weight excluding hydrogens is 306 g/mol. The molecule has 1 aromatic rings. The Kier molecular flexibility index (Phi) is 5.97. The number of esters is 1. The van der Waals surface area contributed by atoms with Crippen molar-refractivity contribution in [1.82, 2.24) is 5.32 Å². The van der Waals surface area contributed by atoms with Crippen molar-refractivity contribution in [2.45, 2.75) is 36.1 Å². The Labute approximate surface area is 135 Å². The van der Waals surface area contributed by atoms with Crippen LogP contribution in [0.2, 0.25) is 5.02 Å². The molecule has 2 rings (SSSR count). The van der Waals surface area contributed by atoms with Gasteiger partial charge in [0.25, 0.3) is 0 Å². The summed E-state index contributed by atoms with van der Waals surface area (Å²) in [4.78, 5) is 13.3. The highest BCUT2D eigenvalue weighted by Crippen LogP contribution is 2.40. The van der Waals surface area contributed by atoms with Crippen LogP contribution in [0.4, 0.5) is 0 Å². The Morgan fingerprint density at radius 3 is 2.95 bits per heavy atom. The molecule has 21 heavy (non-hydrogen) atoms. The molecule has 0 saturated heterocycles. The number of carbonyl (C=O) groups is 1. The molecule has 0 aromatic heterocycles. The fraction of sp³-hybridized carbons (Fsp3) is 0.562. The predicted molar refractivity (Wildman–Crippen MR) is 87.9 cm³/mol. The molecule has 0 spiro atoms. The smallest absolute Gasteiger partial charge is 0.326 e. The minimum absolute atomic E-state index is 0.129. The van der Waals surface area contributed by atoms with Gasteiger partial charge in [-0.3, -0.25) is 4.79 Å². The first kappa shape index (κ1) is 16.7. The molecule has 0 bridgehead atoms. The van der Waals surface area contributed by atoms with Crippen LogP contribution in [0.3, 0.4) is 0 Å². The molecular formula is C16H22ClNO2S. The van der Waals surface area contributed by atoms with Gasteiger partial charge in [0.2, 0.25) is 0 Å². The molecule has 1 N–H and O–H groups in total. The number of hydrogen-bond donors (Lipinski definition) is 1. The fourth-order valence-corrected chi connectivity index (χ4v) is 4.53. The van der Waals surface area contributed by atoms with E-state index in [1.807, 2.05) is 31.3 Å². The summed E-state index contributed by atoms with van der Waals surface area (Å²) < 4.78 is 5.01. The van der Waals surface area contributed by atoms with E-state index in [9.17, 15) is 4.79 Å². The van der Waals surface area contributed by atoms with E-state index in [1.165, 1.54) is 7.11 Å². The average molecular weight is 328 g/mol. The average Bonchev–Trinajstić information content (AvgIpc) is 2.92. The van der Waals surface area contributed by atoms with Crippen molar-refractivity contribution in [3.63, 3.8) is 0 Å². The molecule has 0 aliphatic heterocycles. The number of rotatable bonds is 6. The van der Waals surface area contributed by atoms with Crippen LogP contribution < -0.4 is 5.32 Å². The highest BCUT2D eigenvalue weighted by Gasteiger charge is 2.48. The van der Waals surface area contributed by atoms with Crippen LogP contribution in [0.1, 0.15) is 25.7 Å². The zero-order chi connectivity index (χ0) is 15.3. The second kappa shape index (κ2) is 7.52. The van der Waals surface area contributed by atoms with Gasteiger partial charge in [-0.2, -0.15) is 0 Å². The molecule has 1 aromatic carbocycles. The first-order valence-corrected chi connectivity index (χ1v) is 8.65. The van der Waals surface area contributed by atoms with Crippen molar-refractivity contribution in [3.05, 3.63) is 29.3 Å². The maximum atomic E-state index is 12.2. The molecule has 0 heterocycles. The topological polar surface area (TPSA) is 38.3 Å². The van der Waals surface area contributed by atoms with Crippen LogP contribution in [-0.2, 0) is 9.53 Å². The monoisotopic (exact) mass is 327 g/mol. The standard InChI is InChI=1S/C16H22ClNO2S/c1-18-16(15(19)20-2)10-5-6-12(16)9-11-21-14-8-4-3-7-13(14)17/h3-4,7-8,12,18H,5-6,9-11H2,1-2H3. The third-order valence-corrected chi connectivity index (χ3v) is 5.93. The van der Waals surface area contributed by atoms with Gasteiger partial charge in [0.05, 0.1) is 12.1 Å². The van der Waals surface area contributed by atoms with E-state index < -0.39 is 5.54 Å². The van der Waals surface area contributed by atoms with E-state index in [-0.39, 0.29) is 5.97 Å². The van der Waals surface area contributed by atoms with Crippen molar-refractivity contribution in [1.29, 1.82) is 0 Å². The fourth-order valence-electron chi connectivity index (χ4n) is 3.22. The summed E-state index contributed by atoms with van der Waals surface area (Å²) in [5.41, 5.74) is -0.504. The lowest BCUT2D eigenvalue weighted by atomic mass is 9.85. The van der Waals surface area contributed by atoms with Gasteiger partial charge in [-0.05, 0) is 50.1 Å². The van der Waals surface area contributed by atoms with E-state index in [0.717, 1.165) is 41.4 Å². The van der Waals surface area contributed by atoms with E-state index in [4.69, 9.17) is 16.3 Å². The SMILES string of the molecule is CNC1(C(=O)OC)CCCC1CCSc1ccccc1Cl. The van der Waals surface area contributed by atoms with Crippen LogP contribution in [-0.4, -0.2) is 31.4 Å². The Morgan fingerprint density at radius 1 is 1.52 bits per heavy atom. The largest absolute Gasteiger partial charge is 0.468 e. The minimum Gasteiger partial charge on any atom is -0.468 e. The van der Waals surface area contributed by atoms with Gasteiger partial charge in [-0.15, -0.1) is 11.8 Å². The second-order valence-corrected chi connectivity index (χ2v) is 6.91. The number of ether oxygens (including phenoxy) is 1. The maximum absolute atomic E-state index is 12.2. The lowest BCUT2D eigenvalue weighted by Crippen LogP contribution is -2.53. The number of nitrogens with one attached hydrogen (secondary N) is 1. The van der Waals surface area contributed by atoms with Crippen LogP contribution in [0.25, 0.3) is 0 Å². The minimum atomic E-state index is -0.504. The number of benzene rings is 1. The molecule has 1 aliphatic carbocycles. The molecule has 116 valence electrons. The second-order valence-electron chi connectivity index (χ2n) is 5.37. The molecule has 0 radical (unpaired) electrons. The van der Waals surface area contributed by atoms with Crippen LogP contribution in [0.15, 0.2) is 29.2 Å². The number of halogens is 1. The lowest BCUT2D eigenvalue weighted by molar-refractivity contribution is -0.150.